The van der Waals surface area contributed by atoms with Gasteiger partial charge in [-0.3, -0.25) is 9.59 Å². The third-order valence-electron chi connectivity index (χ3n) is 5.60. The van der Waals surface area contributed by atoms with Crippen molar-refractivity contribution in [2.45, 2.75) is 52.1 Å². The number of rotatable bonds is 10. The van der Waals surface area contributed by atoms with Crippen LogP contribution in [-0.4, -0.2) is 44.9 Å². The van der Waals surface area contributed by atoms with Gasteiger partial charge in [-0.1, -0.05) is 48.5 Å². The topological polar surface area (TPSA) is 127 Å². The molecule has 8 heteroatoms. The molecule has 3 aromatic rings. The van der Waals surface area contributed by atoms with E-state index in [9.17, 15) is 29.4 Å². The molecule has 8 nitrogen and oxygen atoms in total. The first kappa shape index (κ1) is 28.4. The maximum Gasteiger partial charge on any atom is 0.339 e. The van der Waals surface area contributed by atoms with Crippen molar-refractivity contribution in [3.63, 3.8) is 0 Å². The second kappa shape index (κ2) is 11.5. The van der Waals surface area contributed by atoms with Gasteiger partial charge in [0.2, 0.25) is 0 Å². The first-order chi connectivity index (χ1) is 17.8. The lowest BCUT2D eigenvalue weighted by molar-refractivity contribution is 0.0424. The molecule has 0 saturated carbocycles. The molecule has 2 N–H and O–H groups in total. The van der Waals surface area contributed by atoms with E-state index in [-0.39, 0.29) is 35.5 Å². The summed E-state index contributed by atoms with van der Waals surface area (Å²) in [7, 11) is 0. The van der Waals surface area contributed by atoms with E-state index in [0.29, 0.717) is 11.1 Å². The highest BCUT2D eigenvalue weighted by Crippen LogP contribution is 2.18. The zero-order valence-corrected chi connectivity index (χ0v) is 21.7. The maximum atomic E-state index is 12.8. The van der Waals surface area contributed by atoms with Gasteiger partial charge in [-0.15, -0.1) is 0 Å². The number of hydrogen-bond donors (Lipinski definition) is 2. The summed E-state index contributed by atoms with van der Waals surface area (Å²) in [4.78, 5) is 50.3. The Bertz CT molecular complexity index is 1250. The fourth-order valence-electron chi connectivity index (χ4n) is 3.60. The van der Waals surface area contributed by atoms with Crippen molar-refractivity contribution in [2.24, 2.45) is 0 Å². The Hall–Kier alpha value is -4.14. The highest BCUT2D eigenvalue weighted by atomic mass is 16.5. The van der Waals surface area contributed by atoms with Crippen LogP contribution in [0, 0.1) is 0 Å². The molecule has 0 heterocycles. The van der Waals surface area contributed by atoms with Crippen molar-refractivity contribution in [1.29, 1.82) is 0 Å². The molecule has 3 rings (SSSR count). The van der Waals surface area contributed by atoms with Crippen LogP contribution in [0.1, 0.15) is 80.3 Å². The predicted octanol–water partition coefficient (Wildman–Crippen LogP) is 4.31. The summed E-state index contributed by atoms with van der Waals surface area (Å²) in [5, 5.41) is 19.9. The number of benzene rings is 3. The lowest BCUT2D eigenvalue weighted by Gasteiger charge is -2.16. The van der Waals surface area contributed by atoms with Gasteiger partial charge >= 0.3 is 11.9 Å². The van der Waals surface area contributed by atoms with Crippen molar-refractivity contribution in [1.82, 2.24) is 0 Å². The number of esters is 2. The van der Waals surface area contributed by atoms with Crippen LogP contribution in [0.2, 0.25) is 0 Å². The van der Waals surface area contributed by atoms with Crippen LogP contribution in [0.25, 0.3) is 0 Å². The molecular formula is C30H30O8. The molecule has 0 aliphatic rings. The maximum absolute atomic E-state index is 12.8. The van der Waals surface area contributed by atoms with Crippen molar-refractivity contribution in [3.8, 4) is 0 Å². The average molecular weight is 519 g/mol. The fourth-order valence-corrected chi connectivity index (χ4v) is 3.60. The molecule has 0 bridgehead atoms. The van der Waals surface area contributed by atoms with Crippen LogP contribution < -0.4 is 0 Å². The zero-order valence-electron chi connectivity index (χ0n) is 21.7. The SMILES string of the molecule is CC(C)(O)C(=O)c1cccc(COC(=O)c2ccccc2C(=O)OCc2cccc(C(=O)C(C)(C)O)c2)c1. The summed E-state index contributed by atoms with van der Waals surface area (Å²) in [5.74, 6) is -2.44. The lowest BCUT2D eigenvalue weighted by atomic mass is 9.96. The summed E-state index contributed by atoms with van der Waals surface area (Å²) < 4.78 is 10.8. The second-order valence-corrected chi connectivity index (χ2v) is 9.87. The van der Waals surface area contributed by atoms with Gasteiger partial charge in [0.25, 0.3) is 0 Å². The largest absolute Gasteiger partial charge is 0.457 e. The summed E-state index contributed by atoms with van der Waals surface area (Å²) in [6.07, 6.45) is 0. The first-order valence-electron chi connectivity index (χ1n) is 11.9. The Morgan fingerprint density at radius 2 is 0.974 bits per heavy atom. The Morgan fingerprint density at radius 3 is 1.32 bits per heavy atom. The molecule has 0 aliphatic heterocycles. The van der Waals surface area contributed by atoms with Crippen LogP contribution >= 0.6 is 0 Å². The van der Waals surface area contributed by atoms with Crippen LogP contribution in [-0.2, 0) is 22.7 Å². The molecule has 0 atom stereocenters. The van der Waals surface area contributed by atoms with E-state index >= 15 is 0 Å². The number of aliphatic hydroxyl groups is 2. The molecule has 0 radical (unpaired) electrons. The van der Waals surface area contributed by atoms with E-state index in [1.807, 2.05) is 0 Å². The standard InChI is InChI=1S/C30H30O8/c1-29(2,35)25(31)21-11-7-9-19(15-21)17-37-27(33)23-13-5-6-14-24(23)28(34)38-18-20-10-8-12-22(16-20)26(32)30(3,4)36/h5-16,35-36H,17-18H2,1-4H3. The Balaban J connectivity index is 1.68. The average Bonchev–Trinajstić information content (AvgIpc) is 2.88. The summed E-state index contributed by atoms with van der Waals surface area (Å²) in [6, 6.07) is 18.8. The molecule has 3 aromatic carbocycles. The summed E-state index contributed by atoms with van der Waals surface area (Å²) in [6.45, 7) is 5.26. The molecule has 0 aliphatic carbocycles. The van der Waals surface area contributed by atoms with Gasteiger partial charge in [0.1, 0.15) is 24.4 Å². The highest BCUT2D eigenvalue weighted by Gasteiger charge is 2.26. The number of hydrogen-bond acceptors (Lipinski definition) is 8. The zero-order chi connectivity index (χ0) is 28.1. The summed E-state index contributed by atoms with van der Waals surface area (Å²) in [5.41, 5.74) is -1.43. The van der Waals surface area contributed by atoms with Crippen molar-refractivity contribution < 1.29 is 38.9 Å². The molecule has 0 spiro atoms. The van der Waals surface area contributed by atoms with Gasteiger partial charge < -0.3 is 19.7 Å². The van der Waals surface area contributed by atoms with Crippen molar-refractivity contribution >= 4 is 23.5 Å². The minimum absolute atomic E-state index is 0.00665. The number of Topliss-reactive ketones (excluding diaryl/α,β-unsaturated/α-hetero) is 2. The molecular weight excluding hydrogens is 488 g/mol. The van der Waals surface area contributed by atoms with Crippen LogP contribution in [0.3, 0.4) is 0 Å². The molecule has 0 saturated heterocycles. The van der Waals surface area contributed by atoms with Crippen LogP contribution in [0.4, 0.5) is 0 Å². The molecule has 198 valence electrons. The third kappa shape index (κ3) is 7.21. The van der Waals surface area contributed by atoms with Crippen molar-refractivity contribution in [2.75, 3.05) is 0 Å². The van der Waals surface area contributed by atoms with Crippen LogP contribution in [0.15, 0.2) is 72.8 Å². The lowest BCUT2D eigenvalue weighted by Crippen LogP contribution is -2.31. The predicted molar refractivity (Wildman–Crippen MR) is 139 cm³/mol. The molecule has 38 heavy (non-hydrogen) atoms. The van der Waals surface area contributed by atoms with E-state index in [1.54, 1.807) is 48.5 Å². The number of ketones is 2. The minimum atomic E-state index is -1.54. The number of ether oxygens (including phenoxy) is 2. The van der Waals surface area contributed by atoms with E-state index in [4.69, 9.17) is 9.47 Å². The molecule has 0 fully saturated rings. The fraction of sp³-hybridized carbons (Fsp3) is 0.267. The van der Waals surface area contributed by atoms with Gasteiger partial charge in [-0.25, -0.2) is 9.59 Å². The molecule has 0 aromatic heterocycles. The molecule has 0 unspecified atom stereocenters. The quantitative estimate of drug-likeness (QED) is 0.300. The minimum Gasteiger partial charge on any atom is -0.457 e. The van der Waals surface area contributed by atoms with E-state index in [2.05, 4.69) is 0 Å². The normalized spacial score (nSPS) is 11.5. The Kier molecular flexibility index (Phi) is 8.60. The van der Waals surface area contributed by atoms with Crippen LogP contribution in [0.5, 0.6) is 0 Å². The summed E-state index contributed by atoms with van der Waals surface area (Å²) >= 11 is 0. The van der Waals surface area contributed by atoms with Crippen molar-refractivity contribution in [3.05, 3.63) is 106 Å². The van der Waals surface area contributed by atoms with Gasteiger partial charge in [0.15, 0.2) is 11.6 Å². The smallest absolute Gasteiger partial charge is 0.339 e. The molecule has 0 amide bonds. The van der Waals surface area contributed by atoms with E-state index in [1.165, 1.54) is 52.0 Å². The van der Waals surface area contributed by atoms with Gasteiger partial charge in [-0.05, 0) is 63.1 Å². The number of carbonyl (C=O) groups is 4. The third-order valence-corrected chi connectivity index (χ3v) is 5.60. The second-order valence-electron chi connectivity index (χ2n) is 9.87. The van der Waals surface area contributed by atoms with E-state index in [0.717, 1.165) is 0 Å². The van der Waals surface area contributed by atoms with Gasteiger partial charge in [-0.2, -0.15) is 0 Å². The Morgan fingerprint density at radius 1 is 0.605 bits per heavy atom. The van der Waals surface area contributed by atoms with Gasteiger partial charge in [0.05, 0.1) is 11.1 Å². The monoisotopic (exact) mass is 518 g/mol. The number of carbonyl (C=O) groups excluding carboxylic acids is 4. The van der Waals surface area contributed by atoms with Gasteiger partial charge in [0, 0.05) is 11.1 Å². The Labute approximate surface area is 220 Å². The highest BCUT2D eigenvalue weighted by molar-refractivity contribution is 6.04. The van der Waals surface area contributed by atoms with E-state index < -0.39 is 34.7 Å². The first-order valence-corrected chi connectivity index (χ1v) is 11.9.